The average molecular weight is 541 g/mol. The molecule has 7 nitrogen and oxygen atoms in total. The number of hydrogen-bond donors (Lipinski definition) is 3. The Balaban J connectivity index is 0.00000392. The van der Waals surface area contributed by atoms with Crippen LogP contribution in [0.5, 0.6) is 0 Å². The lowest BCUT2D eigenvalue weighted by Gasteiger charge is -2.12. The number of rotatable bonds is 7. The molecule has 0 amide bonds. The van der Waals surface area contributed by atoms with E-state index < -0.39 is 15.8 Å². The van der Waals surface area contributed by atoms with Crippen LogP contribution in [0, 0.1) is 26.6 Å². The third-order valence-corrected chi connectivity index (χ3v) is 6.17. The fourth-order valence-corrected chi connectivity index (χ4v) is 4.02. The van der Waals surface area contributed by atoms with Gasteiger partial charge in [0.2, 0.25) is 10.0 Å². The molecule has 11 heteroatoms. The van der Waals surface area contributed by atoms with Crippen LogP contribution in [0.2, 0.25) is 0 Å². The number of nitrogens with zero attached hydrogens (tertiary/aromatic N) is 2. The molecule has 2 rings (SSSR count). The van der Waals surface area contributed by atoms with Crippen molar-refractivity contribution in [3.63, 3.8) is 0 Å². The lowest BCUT2D eigenvalue weighted by atomic mass is 10.2. The fourth-order valence-electron chi connectivity index (χ4n) is 2.19. The molecule has 0 radical (unpaired) electrons. The number of hydrogen-bond acceptors (Lipinski definition) is 5. The third-order valence-electron chi connectivity index (χ3n) is 3.81. The number of benzene rings is 1. The predicted octanol–water partition coefficient (Wildman–Crippen LogP) is 2.93. The number of thiazole rings is 1. The molecule has 28 heavy (non-hydrogen) atoms. The van der Waals surface area contributed by atoms with E-state index in [-0.39, 0.29) is 42.0 Å². The first-order chi connectivity index (χ1) is 12.7. The summed E-state index contributed by atoms with van der Waals surface area (Å²) < 4.78 is 40.2. The Hall–Kier alpha value is -1.47. The summed E-state index contributed by atoms with van der Waals surface area (Å²) in [6, 6.07) is 4.22. The molecule has 0 spiro atoms. The number of sulfonamides is 1. The molecular formula is C17H25FIN5O2S2. The molecule has 3 N–H and O–H groups in total. The van der Waals surface area contributed by atoms with Crippen LogP contribution in [-0.2, 0) is 16.6 Å². The molecule has 1 aromatic carbocycles. The van der Waals surface area contributed by atoms with Gasteiger partial charge in [-0.05, 0) is 38.5 Å². The summed E-state index contributed by atoms with van der Waals surface area (Å²) in [7, 11) is -2.00. The van der Waals surface area contributed by atoms with Crippen LogP contribution in [0.4, 0.5) is 10.1 Å². The van der Waals surface area contributed by atoms with E-state index in [2.05, 4.69) is 25.3 Å². The number of guanidine groups is 1. The Bertz CT molecular complexity index is 912. The second-order valence-electron chi connectivity index (χ2n) is 5.99. The summed E-state index contributed by atoms with van der Waals surface area (Å²) >= 11 is 1.61. The molecule has 2 aromatic rings. The summed E-state index contributed by atoms with van der Waals surface area (Å²) in [6.45, 7) is 6.25. The van der Waals surface area contributed by atoms with Crippen LogP contribution in [0.25, 0.3) is 0 Å². The Morgan fingerprint density at radius 2 is 1.96 bits per heavy atom. The Labute approximate surface area is 186 Å². The number of halogens is 2. The molecule has 0 fully saturated rings. The highest BCUT2D eigenvalue weighted by atomic mass is 127. The van der Waals surface area contributed by atoms with Crippen LogP contribution >= 0.6 is 35.3 Å². The molecule has 0 atom stereocenters. The van der Waals surface area contributed by atoms with E-state index in [4.69, 9.17) is 0 Å². The Morgan fingerprint density at radius 3 is 2.54 bits per heavy atom. The van der Waals surface area contributed by atoms with Crippen molar-refractivity contribution in [1.29, 1.82) is 0 Å². The van der Waals surface area contributed by atoms with Gasteiger partial charge in [0.25, 0.3) is 0 Å². The fraction of sp³-hybridized carbons (Fsp3) is 0.412. The normalized spacial score (nSPS) is 11.7. The second kappa shape index (κ2) is 10.9. The molecule has 1 aromatic heterocycles. The number of aryl methyl sites for hydroxylation is 3. The van der Waals surface area contributed by atoms with Crippen molar-refractivity contribution < 1.29 is 12.8 Å². The molecule has 0 unspecified atom stereocenters. The van der Waals surface area contributed by atoms with E-state index in [0.29, 0.717) is 18.1 Å². The van der Waals surface area contributed by atoms with E-state index in [1.165, 1.54) is 23.1 Å². The highest BCUT2D eigenvalue weighted by Gasteiger charge is 2.12. The minimum atomic E-state index is -3.61. The Morgan fingerprint density at radius 1 is 1.25 bits per heavy atom. The van der Waals surface area contributed by atoms with Gasteiger partial charge in [-0.15, -0.1) is 35.3 Å². The van der Waals surface area contributed by atoms with Gasteiger partial charge in [0.1, 0.15) is 10.8 Å². The Kier molecular flexibility index (Phi) is 9.57. The minimum absolute atomic E-state index is 0. The largest absolute Gasteiger partial charge is 0.355 e. The molecule has 0 saturated heterocycles. The van der Waals surface area contributed by atoms with E-state index in [9.17, 15) is 12.8 Å². The molecule has 0 aliphatic rings. The van der Waals surface area contributed by atoms with Gasteiger partial charge >= 0.3 is 0 Å². The van der Waals surface area contributed by atoms with Crippen molar-refractivity contribution in [2.24, 2.45) is 4.99 Å². The standard InChI is InChI=1S/C17H24FN5O2S2.HI/c1-11-5-6-14(9-15(11)18)23-27(24,25)8-7-20-17(19-4)21-10-16-22-12(2)13(3)26-16;/h5-6,9,23H,7-8,10H2,1-4H3,(H2,19,20,21);1H. The summed E-state index contributed by atoms with van der Waals surface area (Å²) in [5, 5.41) is 6.98. The lowest BCUT2D eigenvalue weighted by molar-refractivity contribution is 0.599. The average Bonchev–Trinajstić information content (AvgIpc) is 2.92. The van der Waals surface area contributed by atoms with Crippen molar-refractivity contribution in [2.45, 2.75) is 27.3 Å². The molecular weight excluding hydrogens is 516 g/mol. The molecule has 1 heterocycles. The summed E-state index contributed by atoms with van der Waals surface area (Å²) in [5.41, 5.74) is 1.67. The first-order valence-corrected chi connectivity index (χ1v) is 10.8. The first-order valence-electron chi connectivity index (χ1n) is 8.34. The van der Waals surface area contributed by atoms with Gasteiger partial charge in [-0.25, -0.2) is 17.8 Å². The van der Waals surface area contributed by atoms with E-state index in [0.717, 1.165) is 10.7 Å². The molecule has 0 aliphatic carbocycles. The zero-order valence-electron chi connectivity index (χ0n) is 16.2. The van der Waals surface area contributed by atoms with Crippen molar-refractivity contribution >= 4 is 57.0 Å². The van der Waals surface area contributed by atoms with Crippen LogP contribution < -0.4 is 15.4 Å². The van der Waals surface area contributed by atoms with E-state index in [1.54, 1.807) is 25.3 Å². The number of aliphatic imine (C=N–C) groups is 1. The van der Waals surface area contributed by atoms with Gasteiger partial charge in [-0.2, -0.15) is 0 Å². The highest BCUT2D eigenvalue weighted by molar-refractivity contribution is 14.0. The van der Waals surface area contributed by atoms with E-state index >= 15 is 0 Å². The molecule has 0 aliphatic heterocycles. The smallest absolute Gasteiger partial charge is 0.234 e. The van der Waals surface area contributed by atoms with Crippen molar-refractivity contribution in [3.8, 4) is 0 Å². The topological polar surface area (TPSA) is 95.5 Å². The van der Waals surface area contributed by atoms with Gasteiger partial charge < -0.3 is 10.6 Å². The summed E-state index contributed by atoms with van der Waals surface area (Å²) in [6.07, 6.45) is 0. The van der Waals surface area contributed by atoms with Crippen LogP contribution in [-0.4, -0.2) is 38.7 Å². The minimum Gasteiger partial charge on any atom is -0.355 e. The monoisotopic (exact) mass is 541 g/mol. The molecule has 0 saturated carbocycles. The van der Waals surface area contributed by atoms with Gasteiger partial charge in [-0.1, -0.05) is 6.07 Å². The maximum Gasteiger partial charge on any atom is 0.234 e. The van der Waals surface area contributed by atoms with Crippen LogP contribution in [0.3, 0.4) is 0 Å². The quantitative estimate of drug-likeness (QED) is 0.285. The van der Waals surface area contributed by atoms with Crippen LogP contribution in [0.1, 0.15) is 21.1 Å². The SMILES string of the molecule is CN=C(NCCS(=O)(=O)Nc1ccc(C)c(F)c1)NCc1nc(C)c(C)s1.I. The number of aromatic nitrogens is 1. The number of anilines is 1. The van der Waals surface area contributed by atoms with Gasteiger partial charge in [0, 0.05) is 18.5 Å². The predicted molar refractivity (Wildman–Crippen MR) is 124 cm³/mol. The number of nitrogens with one attached hydrogen (secondary N) is 3. The zero-order valence-corrected chi connectivity index (χ0v) is 20.1. The molecule has 156 valence electrons. The van der Waals surface area contributed by atoms with Crippen molar-refractivity contribution in [3.05, 3.63) is 45.2 Å². The summed E-state index contributed by atoms with van der Waals surface area (Å²) in [4.78, 5) is 9.66. The van der Waals surface area contributed by atoms with Gasteiger partial charge in [-0.3, -0.25) is 9.71 Å². The maximum absolute atomic E-state index is 13.5. The van der Waals surface area contributed by atoms with E-state index in [1.807, 2.05) is 13.8 Å². The second-order valence-corrected chi connectivity index (χ2v) is 9.12. The van der Waals surface area contributed by atoms with Crippen molar-refractivity contribution in [2.75, 3.05) is 24.1 Å². The van der Waals surface area contributed by atoms with Gasteiger partial charge in [0.15, 0.2) is 5.96 Å². The maximum atomic E-state index is 13.5. The highest BCUT2D eigenvalue weighted by Crippen LogP contribution is 2.16. The van der Waals surface area contributed by atoms with Crippen LogP contribution in [0.15, 0.2) is 23.2 Å². The molecule has 0 bridgehead atoms. The van der Waals surface area contributed by atoms with Gasteiger partial charge in [0.05, 0.1) is 23.7 Å². The zero-order chi connectivity index (χ0) is 20.0. The first kappa shape index (κ1) is 24.6. The third kappa shape index (κ3) is 7.51. The van der Waals surface area contributed by atoms with Crippen molar-refractivity contribution in [1.82, 2.24) is 15.6 Å². The lowest BCUT2D eigenvalue weighted by Crippen LogP contribution is -2.39. The summed E-state index contributed by atoms with van der Waals surface area (Å²) in [5.74, 6) is -0.152.